The van der Waals surface area contributed by atoms with Gasteiger partial charge in [0.1, 0.15) is 11.5 Å². The summed E-state index contributed by atoms with van der Waals surface area (Å²) in [6.45, 7) is 3.95. The molecule has 0 fully saturated rings. The maximum absolute atomic E-state index is 10.7. The van der Waals surface area contributed by atoms with Gasteiger partial charge in [-0.2, -0.15) is 0 Å². The molecule has 0 saturated carbocycles. The zero-order valence-corrected chi connectivity index (χ0v) is 13.6. The molecule has 0 aliphatic carbocycles. The number of non-ortho nitro benzene ring substituents is 1. The molecule has 0 aliphatic heterocycles. The summed E-state index contributed by atoms with van der Waals surface area (Å²) >= 11 is 0. The molecular formula is C19H19NO4. The van der Waals surface area contributed by atoms with Crippen molar-refractivity contribution < 1.29 is 15.1 Å². The van der Waals surface area contributed by atoms with E-state index in [0.717, 1.165) is 11.1 Å². The van der Waals surface area contributed by atoms with Crippen molar-refractivity contribution in [3.05, 3.63) is 74.9 Å². The molecule has 24 heavy (non-hydrogen) atoms. The van der Waals surface area contributed by atoms with Crippen LogP contribution in [0.3, 0.4) is 0 Å². The van der Waals surface area contributed by atoms with E-state index in [4.69, 9.17) is 0 Å². The van der Waals surface area contributed by atoms with Crippen molar-refractivity contribution in [3.63, 3.8) is 0 Å². The Hall–Kier alpha value is -3.08. The lowest BCUT2D eigenvalue weighted by molar-refractivity contribution is -0.384. The van der Waals surface area contributed by atoms with Crippen molar-refractivity contribution >= 4 is 17.8 Å². The molecule has 0 unspecified atom stereocenters. The quantitative estimate of drug-likeness (QED) is 0.362. The third-order valence-corrected chi connectivity index (χ3v) is 3.52. The summed E-state index contributed by atoms with van der Waals surface area (Å²) in [6, 6.07) is 9.06. The maximum Gasteiger partial charge on any atom is 0.269 e. The Bertz CT molecular complexity index is 801. The fourth-order valence-corrected chi connectivity index (χ4v) is 2.23. The van der Waals surface area contributed by atoms with Crippen LogP contribution in [0, 0.1) is 10.1 Å². The second-order valence-corrected chi connectivity index (χ2v) is 5.70. The largest absolute Gasteiger partial charge is 0.508 e. The minimum Gasteiger partial charge on any atom is -0.508 e. The molecule has 0 amide bonds. The molecule has 0 aliphatic rings. The Morgan fingerprint density at radius 1 is 1.12 bits per heavy atom. The smallest absolute Gasteiger partial charge is 0.269 e. The first-order chi connectivity index (χ1) is 11.4. The highest BCUT2D eigenvalue weighted by Gasteiger charge is 2.08. The third kappa shape index (κ3) is 4.46. The predicted octanol–water partition coefficient (Wildman–Crippen LogP) is 4.69. The van der Waals surface area contributed by atoms with Gasteiger partial charge in [0, 0.05) is 23.8 Å². The van der Waals surface area contributed by atoms with Gasteiger partial charge in [0.2, 0.25) is 0 Å². The van der Waals surface area contributed by atoms with E-state index in [-0.39, 0.29) is 17.2 Å². The number of aromatic hydroxyl groups is 2. The van der Waals surface area contributed by atoms with E-state index in [0.29, 0.717) is 17.5 Å². The number of benzene rings is 2. The number of phenolic OH excluding ortho intramolecular Hbond substituents is 2. The zero-order valence-electron chi connectivity index (χ0n) is 13.6. The average molecular weight is 325 g/mol. The standard InChI is InChI=1S/C19H19NO4/c1-13(2)3-10-18-15(11-17(21)12-19(18)22)7-4-14-5-8-16(9-6-14)20(23)24/h3-9,11-12,21-22H,10H2,1-2H3. The van der Waals surface area contributed by atoms with Crippen LogP contribution >= 0.6 is 0 Å². The Balaban J connectivity index is 2.33. The van der Waals surface area contributed by atoms with E-state index in [2.05, 4.69) is 0 Å². The Morgan fingerprint density at radius 3 is 2.38 bits per heavy atom. The van der Waals surface area contributed by atoms with Crippen LogP contribution in [0.2, 0.25) is 0 Å². The Morgan fingerprint density at radius 2 is 1.79 bits per heavy atom. The van der Waals surface area contributed by atoms with Crippen molar-refractivity contribution in [2.24, 2.45) is 0 Å². The Kier molecular flexibility index (Phi) is 5.37. The van der Waals surface area contributed by atoms with Gasteiger partial charge in [0.25, 0.3) is 5.69 Å². The summed E-state index contributed by atoms with van der Waals surface area (Å²) in [5.74, 6) is 0.0210. The van der Waals surface area contributed by atoms with Gasteiger partial charge < -0.3 is 10.2 Å². The van der Waals surface area contributed by atoms with Gasteiger partial charge in [-0.05, 0) is 49.6 Å². The van der Waals surface area contributed by atoms with Gasteiger partial charge in [-0.3, -0.25) is 10.1 Å². The second kappa shape index (κ2) is 7.46. The topological polar surface area (TPSA) is 83.6 Å². The van der Waals surface area contributed by atoms with Crippen LogP contribution in [0.15, 0.2) is 48.0 Å². The highest BCUT2D eigenvalue weighted by Crippen LogP contribution is 2.29. The van der Waals surface area contributed by atoms with Crippen molar-refractivity contribution in [2.75, 3.05) is 0 Å². The molecule has 0 bridgehead atoms. The molecule has 5 nitrogen and oxygen atoms in total. The molecule has 2 aromatic rings. The maximum atomic E-state index is 10.7. The number of nitro groups is 1. The van der Waals surface area contributed by atoms with Crippen LogP contribution < -0.4 is 0 Å². The lowest BCUT2D eigenvalue weighted by Gasteiger charge is -2.08. The van der Waals surface area contributed by atoms with Gasteiger partial charge >= 0.3 is 0 Å². The van der Waals surface area contributed by atoms with Crippen molar-refractivity contribution in [1.29, 1.82) is 0 Å². The van der Waals surface area contributed by atoms with E-state index in [1.165, 1.54) is 18.2 Å². The van der Waals surface area contributed by atoms with Crippen molar-refractivity contribution in [2.45, 2.75) is 20.3 Å². The number of hydrogen-bond donors (Lipinski definition) is 2. The normalized spacial score (nSPS) is 10.8. The highest BCUT2D eigenvalue weighted by molar-refractivity contribution is 5.73. The average Bonchev–Trinajstić information content (AvgIpc) is 2.51. The van der Waals surface area contributed by atoms with Gasteiger partial charge in [0.15, 0.2) is 0 Å². The molecule has 0 aromatic heterocycles. The Labute approximate surface area is 140 Å². The molecule has 2 N–H and O–H groups in total. The molecule has 0 saturated heterocycles. The summed E-state index contributed by atoms with van der Waals surface area (Å²) in [7, 11) is 0. The SMILES string of the molecule is CC(C)=CCc1c(O)cc(O)cc1C=Cc1ccc([N+](=O)[O-])cc1. The molecule has 0 spiro atoms. The van der Waals surface area contributed by atoms with E-state index < -0.39 is 4.92 Å². The van der Waals surface area contributed by atoms with Crippen LogP contribution in [0.5, 0.6) is 11.5 Å². The van der Waals surface area contributed by atoms with Crippen LogP contribution in [0.1, 0.15) is 30.5 Å². The predicted molar refractivity (Wildman–Crippen MR) is 94.9 cm³/mol. The number of hydrogen-bond acceptors (Lipinski definition) is 4. The van der Waals surface area contributed by atoms with Crippen molar-refractivity contribution in [1.82, 2.24) is 0 Å². The number of nitrogens with zero attached hydrogens (tertiary/aromatic N) is 1. The van der Waals surface area contributed by atoms with Gasteiger partial charge in [-0.25, -0.2) is 0 Å². The first kappa shape index (κ1) is 17.3. The van der Waals surface area contributed by atoms with Gasteiger partial charge in [-0.1, -0.05) is 23.8 Å². The number of rotatable bonds is 5. The van der Waals surface area contributed by atoms with E-state index in [1.807, 2.05) is 19.9 Å². The summed E-state index contributed by atoms with van der Waals surface area (Å²) in [5, 5.41) is 30.5. The minimum absolute atomic E-state index is 0.0169. The van der Waals surface area contributed by atoms with Crippen LogP contribution in [-0.4, -0.2) is 15.1 Å². The first-order valence-corrected chi connectivity index (χ1v) is 7.47. The van der Waals surface area contributed by atoms with Crippen LogP contribution in [-0.2, 0) is 6.42 Å². The highest BCUT2D eigenvalue weighted by atomic mass is 16.6. The summed E-state index contributed by atoms with van der Waals surface area (Å²) in [5.41, 5.74) is 3.37. The van der Waals surface area contributed by atoms with Crippen LogP contribution in [0.25, 0.3) is 12.2 Å². The first-order valence-electron chi connectivity index (χ1n) is 7.47. The van der Waals surface area contributed by atoms with E-state index in [9.17, 15) is 20.3 Å². The number of nitro benzene ring substituents is 1. The fraction of sp³-hybridized carbons (Fsp3) is 0.158. The fourth-order valence-electron chi connectivity index (χ4n) is 2.23. The monoisotopic (exact) mass is 325 g/mol. The van der Waals surface area contributed by atoms with Crippen LogP contribution in [0.4, 0.5) is 5.69 Å². The summed E-state index contributed by atoms with van der Waals surface area (Å²) < 4.78 is 0. The number of phenols is 2. The lowest BCUT2D eigenvalue weighted by Crippen LogP contribution is -1.90. The summed E-state index contributed by atoms with van der Waals surface area (Å²) in [6.07, 6.45) is 6.10. The second-order valence-electron chi connectivity index (χ2n) is 5.70. The lowest BCUT2D eigenvalue weighted by atomic mass is 10.0. The molecular weight excluding hydrogens is 306 g/mol. The summed E-state index contributed by atoms with van der Waals surface area (Å²) in [4.78, 5) is 10.2. The third-order valence-electron chi connectivity index (χ3n) is 3.52. The molecule has 2 rings (SSSR count). The van der Waals surface area contributed by atoms with E-state index in [1.54, 1.807) is 30.4 Å². The van der Waals surface area contributed by atoms with E-state index >= 15 is 0 Å². The molecule has 124 valence electrons. The number of allylic oxidation sites excluding steroid dienone is 2. The molecule has 0 atom stereocenters. The van der Waals surface area contributed by atoms with Gasteiger partial charge in [-0.15, -0.1) is 0 Å². The zero-order chi connectivity index (χ0) is 17.7. The minimum atomic E-state index is -0.446. The molecule has 2 aromatic carbocycles. The molecule has 0 radical (unpaired) electrons. The molecule has 0 heterocycles. The van der Waals surface area contributed by atoms with Gasteiger partial charge in [0.05, 0.1) is 4.92 Å². The molecule has 5 heteroatoms. The van der Waals surface area contributed by atoms with Crippen molar-refractivity contribution in [3.8, 4) is 11.5 Å².